The minimum atomic E-state index is -0.222. The summed E-state index contributed by atoms with van der Waals surface area (Å²) < 4.78 is 7.10. The topological polar surface area (TPSA) is 98.1 Å². The molecule has 0 unspecified atom stereocenters. The van der Waals surface area contributed by atoms with Gasteiger partial charge in [0.25, 0.3) is 0 Å². The number of ether oxygens (including phenoxy) is 1. The number of benzene rings is 2. The van der Waals surface area contributed by atoms with Gasteiger partial charge in [-0.1, -0.05) is 41.6 Å². The second-order valence-electron chi connectivity index (χ2n) is 6.77. The predicted molar refractivity (Wildman–Crippen MR) is 122 cm³/mol. The third-order valence-electron chi connectivity index (χ3n) is 4.48. The van der Waals surface area contributed by atoms with Crippen molar-refractivity contribution in [3.63, 3.8) is 0 Å². The number of nitrogens with one attached hydrogen (secondary N) is 2. The Labute approximate surface area is 185 Å². The number of aryl methyl sites for hydroxylation is 1. The number of anilines is 2. The molecule has 2 amide bonds. The highest BCUT2D eigenvalue weighted by atomic mass is 32.2. The summed E-state index contributed by atoms with van der Waals surface area (Å²) in [6.07, 6.45) is 0.0645. The van der Waals surface area contributed by atoms with Crippen LogP contribution >= 0.6 is 11.8 Å². The quantitative estimate of drug-likeness (QED) is 0.495. The van der Waals surface area contributed by atoms with Crippen molar-refractivity contribution in [1.82, 2.24) is 14.8 Å². The number of carbonyl (C=O) groups excluding carboxylic acids is 2. The van der Waals surface area contributed by atoms with Crippen LogP contribution in [0.4, 0.5) is 11.4 Å². The summed E-state index contributed by atoms with van der Waals surface area (Å²) in [4.78, 5) is 24.8. The van der Waals surface area contributed by atoms with Gasteiger partial charge in [0.2, 0.25) is 11.8 Å². The number of para-hydroxylation sites is 2. The molecule has 0 aliphatic rings. The third kappa shape index (κ3) is 6.08. The van der Waals surface area contributed by atoms with Crippen LogP contribution in [0.1, 0.15) is 18.3 Å². The Hall–Kier alpha value is -3.33. The first-order valence-corrected chi connectivity index (χ1v) is 10.8. The first-order chi connectivity index (χ1) is 15.0. The van der Waals surface area contributed by atoms with E-state index in [2.05, 4.69) is 20.8 Å². The van der Waals surface area contributed by atoms with Crippen LogP contribution in [0.25, 0.3) is 0 Å². The molecule has 31 heavy (non-hydrogen) atoms. The molecule has 0 bridgehead atoms. The Morgan fingerprint density at radius 3 is 2.48 bits per heavy atom. The Kier molecular flexibility index (Phi) is 7.66. The van der Waals surface area contributed by atoms with Crippen LogP contribution in [-0.2, 0) is 22.6 Å². The van der Waals surface area contributed by atoms with E-state index in [1.54, 1.807) is 19.2 Å². The molecule has 0 spiro atoms. The van der Waals surface area contributed by atoms with Crippen LogP contribution in [0.2, 0.25) is 0 Å². The molecular weight excluding hydrogens is 414 g/mol. The largest absolute Gasteiger partial charge is 0.495 e. The van der Waals surface area contributed by atoms with Gasteiger partial charge in [-0.05, 0) is 38.1 Å². The fraction of sp³-hybridized carbons (Fsp3) is 0.273. The predicted octanol–water partition coefficient (Wildman–Crippen LogP) is 3.53. The van der Waals surface area contributed by atoms with E-state index >= 15 is 0 Å². The average molecular weight is 440 g/mol. The number of carbonyl (C=O) groups is 2. The lowest BCUT2D eigenvalue weighted by Gasteiger charge is -2.10. The summed E-state index contributed by atoms with van der Waals surface area (Å²) in [6, 6.07) is 14.8. The second-order valence-corrected chi connectivity index (χ2v) is 7.71. The lowest BCUT2D eigenvalue weighted by Crippen LogP contribution is -2.18. The highest BCUT2D eigenvalue weighted by molar-refractivity contribution is 7.99. The minimum Gasteiger partial charge on any atom is -0.495 e. The summed E-state index contributed by atoms with van der Waals surface area (Å²) in [5, 5.41) is 14.6. The van der Waals surface area contributed by atoms with Gasteiger partial charge < -0.3 is 19.9 Å². The number of aromatic nitrogens is 3. The number of hydrogen-bond donors (Lipinski definition) is 2. The van der Waals surface area contributed by atoms with Crippen molar-refractivity contribution in [2.75, 3.05) is 23.5 Å². The molecule has 0 radical (unpaired) electrons. The normalized spacial score (nSPS) is 10.5. The zero-order valence-electron chi connectivity index (χ0n) is 17.7. The highest BCUT2D eigenvalue weighted by Gasteiger charge is 2.17. The molecule has 0 saturated heterocycles. The van der Waals surface area contributed by atoms with Gasteiger partial charge in [-0.25, -0.2) is 0 Å². The number of nitrogens with zero attached hydrogens (tertiary/aromatic N) is 3. The van der Waals surface area contributed by atoms with Crippen molar-refractivity contribution < 1.29 is 14.3 Å². The van der Waals surface area contributed by atoms with Crippen LogP contribution < -0.4 is 15.4 Å². The van der Waals surface area contributed by atoms with Gasteiger partial charge in [0.05, 0.1) is 25.0 Å². The minimum absolute atomic E-state index is 0.0645. The Balaban J connectivity index is 1.59. The molecule has 162 valence electrons. The van der Waals surface area contributed by atoms with E-state index in [1.807, 2.05) is 54.8 Å². The van der Waals surface area contributed by atoms with Crippen LogP contribution in [0.15, 0.2) is 53.7 Å². The van der Waals surface area contributed by atoms with Gasteiger partial charge >= 0.3 is 0 Å². The van der Waals surface area contributed by atoms with Gasteiger partial charge in [-0.15, -0.1) is 10.2 Å². The molecule has 8 nitrogen and oxygen atoms in total. The van der Waals surface area contributed by atoms with Crippen LogP contribution in [0, 0.1) is 6.92 Å². The van der Waals surface area contributed by atoms with E-state index in [1.165, 1.54) is 11.8 Å². The Bertz CT molecular complexity index is 1050. The molecule has 3 aromatic rings. The smallest absolute Gasteiger partial charge is 0.234 e. The van der Waals surface area contributed by atoms with E-state index in [-0.39, 0.29) is 24.0 Å². The maximum absolute atomic E-state index is 12.5. The van der Waals surface area contributed by atoms with E-state index in [9.17, 15) is 9.59 Å². The van der Waals surface area contributed by atoms with Crippen molar-refractivity contribution in [3.05, 3.63) is 59.9 Å². The number of methoxy groups -OCH3 is 1. The van der Waals surface area contributed by atoms with Gasteiger partial charge in [-0.3, -0.25) is 9.59 Å². The van der Waals surface area contributed by atoms with Crippen LogP contribution in [0.3, 0.4) is 0 Å². The summed E-state index contributed by atoms with van der Waals surface area (Å²) in [5.41, 5.74) is 2.48. The SMILES string of the molecule is CCn1c(CC(=O)Nc2ccccc2OC)nnc1SCC(=O)Nc1ccc(C)cc1. The highest BCUT2D eigenvalue weighted by Crippen LogP contribution is 2.23. The zero-order chi connectivity index (χ0) is 22.2. The molecule has 9 heteroatoms. The number of rotatable bonds is 9. The Morgan fingerprint density at radius 2 is 1.77 bits per heavy atom. The molecule has 0 atom stereocenters. The molecule has 1 aromatic heterocycles. The molecule has 0 aliphatic heterocycles. The lowest BCUT2D eigenvalue weighted by molar-refractivity contribution is -0.116. The first-order valence-electron chi connectivity index (χ1n) is 9.84. The van der Waals surface area contributed by atoms with Crippen molar-refractivity contribution in [2.24, 2.45) is 0 Å². The fourth-order valence-corrected chi connectivity index (χ4v) is 3.75. The number of thioether (sulfide) groups is 1. The molecular formula is C22H25N5O3S. The summed E-state index contributed by atoms with van der Waals surface area (Å²) in [7, 11) is 1.55. The van der Waals surface area contributed by atoms with Gasteiger partial charge in [-0.2, -0.15) is 0 Å². The summed E-state index contributed by atoms with van der Waals surface area (Å²) in [6.45, 7) is 4.53. The molecule has 0 fully saturated rings. The van der Waals surface area contributed by atoms with Gasteiger partial charge in [0.15, 0.2) is 5.16 Å². The fourth-order valence-electron chi connectivity index (χ4n) is 2.92. The van der Waals surface area contributed by atoms with E-state index in [0.717, 1.165) is 11.3 Å². The molecule has 1 heterocycles. The molecule has 3 rings (SSSR count). The van der Waals surface area contributed by atoms with Gasteiger partial charge in [0, 0.05) is 12.2 Å². The summed E-state index contributed by atoms with van der Waals surface area (Å²) in [5.74, 6) is 0.967. The third-order valence-corrected chi connectivity index (χ3v) is 5.44. The first kappa shape index (κ1) is 22.4. The maximum Gasteiger partial charge on any atom is 0.234 e. The lowest BCUT2D eigenvalue weighted by atomic mass is 10.2. The summed E-state index contributed by atoms with van der Waals surface area (Å²) >= 11 is 1.29. The van der Waals surface area contributed by atoms with Crippen molar-refractivity contribution >= 4 is 35.0 Å². The molecule has 0 aliphatic carbocycles. The zero-order valence-corrected chi connectivity index (χ0v) is 18.5. The average Bonchev–Trinajstić information content (AvgIpc) is 3.15. The molecule has 0 saturated carbocycles. The monoisotopic (exact) mass is 439 g/mol. The van der Waals surface area contributed by atoms with Crippen LogP contribution in [-0.4, -0.2) is 39.4 Å². The Morgan fingerprint density at radius 1 is 1.03 bits per heavy atom. The van der Waals surface area contributed by atoms with E-state index < -0.39 is 0 Å². The molecule has 2 N–H and O–H groups in total. The number of hydrogen-bond acceptors (Lipinski definition) is 6. The maximum atomic E-state index is 12.5. The van der Waals surface area contributed by atoms with Gasteiger partial charge in [0.1, 0.15) is 11.6 Å². The van der Waals surface area contributed by atoms with Crippen molar-refractivity contribution in [1.29, 1.82) is 0 Å². The number of amides is 2. The molecule has 2 aromatic carbocycles. The van der Waals surface area contributed by atoms with E-state index in [4.69, 9.17) is 4.74 Å². The van der Waals surface area contributed by atoms with Crippen LogP contribution in [0.5, 0.6) is 5.75 Å². The van der Waals surface area contributed by atoms with Crippen molar-refractivity contribution in [3.8, 4) is 5.75 Å². The second kappa shape index (κ2) is 10.6. The standard InChI is InChI=1S/C22H25N5O3S/c1-4-27-19(13-20(28)24-17-7-5-6-8-18(17)30-3)25-26-22(27)31-14-21(29)23-16-11-9-15(2)10-12-16/h5-12H,4,13-14H2,1-3H3,(H,23,29)(H,24,28). The van der Waals surface area contributed by atoms with Crippen molar-refractivity contribution in [2.45, 2.75) is 32.0 Å². The van der Waals surface area contributed by atoms with E-state index in [0.29, 0.717) is 29.0 Å².